The van der Waals surface area contributed by atoms with Gasteiger partial charge in [0.2, 0.25) is 5.91 Å². The minimum Gasteiger partial charge on any atom is -0.368 e. The lowest BCUT2D eigenvalue weighted by molar-refractivity contribution is -0.124. The summed E-state index contributed by atoms with van der Waals surface area (Å²) in [6.45, 7) is 0.796. The van der Waals surface area contributed by atoms with E-state index < -0.39 is 0 Å². The molecule has 1 heterocycles. The van der Waals surface area contributed by atoms with E-state index in [1.807, 2.05) is 36.4 Å². The van der Waals surface area contributed by atoms with Gasteiger partial charge in [0.15, 0.2) is 0 Å². The van der Waals surface area contributed by atoms with Crippen LogP contribution in [0.2, 0.25) is 0 Å². The molecule has 104 valence electrons. The average molecular weight is 286 g/mol. The summed E-state index contributed by atoms with van der Waals surface area (Å²) in [6, 6.07) is 14.2. The monoisotopic (exact) mass is 286 g/mol. The first-order chi connectivity index (χ1) is 9.75. The van der Waals surface area contributed by atoms with Crippen molar-refractivity contribution in [2.45, 2.75) is 31.5 Å². The summed E-state index contributed by atoms with van der Waals surface area (Å²) in [4.78, 5) is 15.5. The van der Waals surface area contributed by atoms with Crippen molar-refractivity contribution in [2.75, 3.05) is 0 Å². The van der Waals surface area contributed by atoms with Crippen LogP contribution >= 0.6 is 11.3 Å². The van der Waals surface area contributed by atoms with Crippen LogP contribution < -0.4 is 5.73 Å². The van der Waals surface area contributed by atoms with Gasteiger partial charge in [-0.25, -0.2) is 0 Å². The molecular formula is C16H18N2OS. The minimum absolute atomic E-state index is 0.264. The summed E-state index contributed by atoms with van der Waals surface area (Å²) >= 11 is 1.73. The number of nitrogens with zero attached hydrogens (tertiary/aromatic N) is 1. The van der Waals surface area contributed by atoms with Crippen molar-refractivity contribution >= 4 is 17.2 Å². The quantitative estimate of drug-likeness (QED) is 0.887. The van der Waals surface area contributed by atoms with E-state index >= 15 is 0 Å². The standard InChI is InChI=1S/C16H18N2OS/c17-16(19)15(12-5-2-1-3-6-12)18(13-8-9-13)11-14-7-4-10-20-14/h1-7,10,13,15H,8-9,11H2,(H2,17,19)/t15-/m0/s1. The van der Waals surface area contributed by atoms with E-state index in [2.05, 4.69) is 16.3 Å². The lowest BCUT2D eigenvalue weighted by Crippen LogP contribution is -2.38. The van der Waals surface area contributed by atoms with Crippen LogP contribution in [0.1, 0.15) is 29.3 Å². The van der Waals surface area contributed by atoms with Gasteiger partial charge in [-0.15, -0.1) is 11.3 Å². The van der Waals surface area contributed by atoms with E-state index in [1.54, 1.807) is 11.3 Å². The third-order valence-corrected chi connectivity index (χ3v) is 4.51. The number of carbonyl (C=O) groups excluding carboxylic acids is 1. The van der Waals surface area contributed by atoms with Crippen LogP contribution in [-0.4, -0.2) is 16.8 Å². The van der Waals surface area contributed by atoms with Crippen LogP contribution in [0.25, 0.3) is 0 Å². The molecule has 1 saturated carbocycles. The molecule has 20 heavy (non-hydrogen) atoms. The van der Waals surface area contributed by atoms with E-state index in [9.17, 15) is 4.79 Å². The first kappa shape index (κ1) is 13.3. The molecule has 4 heteroatoms. The van der Waals surface area contributed by atoms with Crippen LogP contribution in [0.3, 0.4) is 0 Å². The summed E-state index contributed by atoms with van der Waals surface area (Å²) in [6.07, 6.45) is 2.31. The van der Waals surface area contributed by atoms with Crippen molar-refractivity contribution in [3.63, 3.8) is 0 Å². The topological polar surface area (TPSA) is 46.3 Å². The van der Waals surface area contributed by atoms with Crippen molar-refractivity contribution < 1.29 is 4.79 Å². The van der Waals surface area contributed by atoms with Crippen molar-refractivity contribution in [1.82, 2.24) is 4.90 Å². The molecule has 3 rings (SSSR count). The van der Waals surface area contributed by atoms with Crippen molar-refractivity contribution in [1.29, 1.82) is 0 Å². The van der Waals surface area contributed by atoms with E-state index in [4.69, 9.17) is 5.73 Å². The number of hydrogen-bond donors (Lipinski definition) is 1. The SMILES string of the molecule is NC(=O)[C@H](c1ccccc1)N(Cc1cccs1)C1CC1. The zero-order valence-corrected chi connectivity index (χ0v) is 12.1. The van der Waals surface area contributed by atoms with Gasteiger partial charge in [0.25, 0.3) is 0 Å². The van der Waals surface area contributed by atoms with Gasteiger partial charge in [0.05, 0.1) is 0 Å². The van der Waals surface area contributed by atoms with Crippen LogP contribution in [0.15, 0.2) is 47.8 Å². The Morgan fingerprint density at radius 1 is 1.25 bits per heavy atom. The van der Waals surface area contributed by atoms with Gasteiger partial charge >= 0.3 is 0 Å². The Morgan fingerprint density at radius 2 is 2.00 bits per heavy atom. The Kier molecular flexibility index (Phi) is 3.85. The lowest BCUT2D eigenvalue weighted by atomic mass is 10.0. The molecule has 1 aliphatic rings. The molecule has 0 unspecified atom stereocenters. The number of rotatable bonds is 6. The largest absolute Gasteiger partial charge is 0.368 e. The second-order valence-electron chi connectivity index (χ2n) is 5.20. The third kappa shape index (κ3) is 2.92. The van der Waals surface area contributed by atoms with Crippen molar-refractivity contribution in [3.8, 4) is 0 Å². The van der Waals surface area contributed by atoms with E-state index in [0.717, 1.165) is 24.9 Å². The molecule has 3 nitrogen and oxygen atoms in total. The molecule has 0 saturated heterocycles. The molecule has 1 aromatic heterocycles. The zero-order valence-electron chi connectivity index (χ0n) is 11.2. The number of thiophene rings is 1. The second kappa shape index (κ2) is 5.77. The molecule has 0 aliphatic heterocycles. The number of primary amides is 1. The van der Waals surface area contributed by atoms with Gasteiger partial charge in [-0.3, -0.25) is 9.69 Å². The number of hydrogen-bond acceptors (Lipinski definition) is 3. The number of carbonyl (C=O) groups is 1. The predicted molar refractivity (Wildman–Crippen MR) is 81.3 cm³/mol. The number of benzene rings is 1. The van der Waals surface area contributed by atoms with Gasteiger partial charge in [0.1, 0.15) is 6.04 Å². The van der Waals surface area contributed by atoms with Crippen LogP contribution in [0.4, 0.5) is 0 Å². The summed E-state index contributed by atoms with van der Waals surface area (Å²) in [5.74, 6) is -0.264. The van der Waals surface area contributed by atoms with Crippen LogP contribution in [0.5, 0.6) is 0 Å². The molecule has 0 spiro atoms. The Labute approximate surface area is 123 Å². The smallest absolute Gasteiger partial charge is 0.239 e. The molecule has 1 atom stereocenters. The van der Waals surface area contributed by atoms with Crippen molar-refractivity contribution in [3.05, 3.63) is 58.3 Å². The molecule has 1 amide bonds. The average Bonchev–Trinajstić information content (AvgIpc) is 3.17. The highest BCUT2D eigenvalue weighted by atomic mass is 32.1. The fraction of sp³-hybridized carbons (Fsp3) is 0.312. The normalized spacial score (nSPS) is 16.2. The number of nitrogens with two attached hydrogens (primary N) is 1. The van der Waals surface area contributed by atoms with Crippen molar-refractivity contribution in [2.24, 2.45) is 5.73 Å². The van der Waals surface area contributed by atoms with Gasteiger partial charge in [-0.1, -0.05) is 36.4 Å². The van der Waals surface area contributed by atoms with Gasteiger partial charge < -0.3 is 5.73 Å². The summed E-state index contributed by atoms with van der Waals surface area (Å²) < 4.78 is 0. The molecular weight excluding hydrogens is 268 g/mol. The molecule has 0 bridgehead atoms. The Morgan fingerprint density at radius 3 is 2.55 bits per heavy atom. The van der Waals surface area contributed by atoms with Crippen LogP contribution in [-0.2, 0) is 11.3 Å². The van der Waals surface area contributed by atoms with Crippen LogP contribution in [0, 0.1) is 0 Å². The fourth-order valence-electron chi connectivity index (χ4n) is 2.57. The first-order valence-electron chi connectivity index (χ1n) is 6.88. The highest BCUT2D eigenvalue weighted by molar-refractivity contribution is 7.09. The Balaban J connectivity index is 1.88. The van der Waals surface area contributed by atoms with E-state index in [1.165, 1.54) is 4.88 Å². The molecule has 1 aromatic carbocycles. The summed E-state index contributed by atoms with van der Waals surface area (Å²) in [5, 5.41) is 2.07. The second-order valence-corrected chi connectivity index (χ2v) is 6.23. The lowest BCUT2D eigenvalue weighted by Gasteiger charge is -2.29. The first-order valence-corrected chi connectivity index (χ1v) is 7.76. The summed E-state index contributed by atoms with van der Waals surface area (Å²) in [7, 11) is 0. The molecule has 1 fully saturated rings. The van der Waals surface area contributed by atoms with Gasteiger partial charge in [-0.05, 0) is 29.9 Å². The Hall–Kier alpha value is -1.65. The van der Waals surface area contributed by atoms with Gasteiger partial charge in [-0.2, -0.15) is 0 Å². The third-order valence-electron chi connectivity index (χ3n) is 3.65. The maximum absolute atomic E-state index is 12.0. The van der Waals surface area contributed by atoms with Gasteiger partial charge in [0, 0.05) is 17.5 Å². The summed E-state index contributed by atoms with van der Waals surface area (Å²) in [5.41, 5.74) is 6.68. The zero-order chi connectivity index (χ0) is 13.9. The number of amides is 1. The van der Waals surface area contributed by atoms with E-state index in [-0.39, 0.29) is 11.9 Å². The molecule has 1 aliphatic carbocycles. The molecule has 2 N–H and O–H groups in total. The maximum Gasteiger partial charge on any atom is 0.239 e. The van der Waals surface area contributed by atoms with E-state index in [0.29, 0.717) is 6.04 Å². The predicted octanol–water partition coefficient (Wildman–Crippen LogP) is 2.94. The maximum atomic E-state index is 12.0. The highest BCUT2D eigenvalue weighted by Gasteiger charge is 2.37. The minimum atomic E-state index is -0.328. The fourth-order valence-corrected chi connectivity index (χ4v) is 3.29. The molecule has 2 aromatic rings. The highest BCUT2D eigenvalue weighted by Crippen LogP contribution is 2.36. The Bertz CT molecular complexity index is 563. The molecule has 0 radical (unpaired) electrons.